The fourth-order valence-electron chi connectivity index (χ4n) is 3.01. The standard InChI is InChI=1S/C16H20N4/c17-7-5-14-12-18-8-10-20(14)9-6-13-11-19-16-4-2-1-3-15(13)16/h1-4,11,14,18-19H,5-6,8-10,12H2. The zero-order valence-corrected chi connectivity index (χ0v) is 11.6. The molecule has 2 heterocycles. The van der Waals surface area contributed by atoms with Gasteiger partial charge in [-0.15, -0.1) is 0 Å². The number of piperazine rings is 1. The molecule has 2 aromatic rings. The quantitative estimate of drug-likeness (QED) is 0.890. The minimum absolute atomic E-state index is 0.360. The third kappa shape index (κ3) is 2.69. The van der Waals surface area contributed by atoms with Crippen LogP contribution >= 0.6 is 0 Å². The molecule has 2 N–H and O–H groups in total. The van der Waals surface area contributed by atoms with E-state index < -0.39 is 0 Å². The van der Waals surface area contributed by atoms with Gasteiger partial charge in [0.1, 0.15) is 0 Å². The molecule has 104 valence electrons. The van der Waals surface area contributed by atoms with Gasteiger partial charge in [0.15, 0.2) is 0 Å². The van der Waals surface area contributed by atoms with Crippen LogP contribution in [-0.2, 0) is 6.42 Å². The number of rotatable bonds is 4. The Morgan fingerprint density at radius 1 is 1.35 bits per heavy atom. The lowest BCUT2D eigenvalue weighted by Crippen LogP contribution is -2.51. The number of hydrogen-bond donors (Lipinski definition) is 2. The average Bonchev–Trinajstić information content (AvgIpc) is 2.90. The maximum absolute atomic E-state index is 8.92. The zero-order valence-electron chi connectivity index (χ0n) is 11.6. The monoisotopic (exact) mass is 268 g/mol. The second kappa shape index (κ2) is 6.08. The minimum atomic E-state index is 0.360. The van der Waals surface area contributed by atoms with E-state index in [1.54, 1.807) is 0 Å². The number of hydrogen-bond acceptors (Lipinski definition) is 3. The van der Waals surface area contributed by atoms with Crippen molar-refractivity contribution in [3.63, 3.8) is 0 Å². The molecule has 3 rings (SSSR count). The Hall–Kier alpha value is -1.83. The SMILES string of the molecule is N#CCC1CNCCN1CCc1c[nH]c2ccccc12. The van der Waals surface area contributed by atoms with Crippen molar-refractivity contribution in [2.45, 2.75) is 18.9 Å². The largest absolute Gasteiger partial charge is 0.361 e. The van der Waals surface area contributed by atoms with E-state index in [0.29, 0.717) is 12.5 Å². The van der Waals surface area contributed by atoms with E-state index >= 15 is 0 Å². The molecule has 1 aromatic heterocycles. The van der Waals surface area contributed by atoms with Crippen LogP contribution in [0.25, 0.3) is 10.9 Å². The molecule has 1 aliphatic rings. The molecule has 0 spiro atoms. The molecule has 1 aromatic carbocycles. The lowest BCUT2D eigenvalue weighted by molar-refractivity contribution is 0.165. The highest BCUT2D eigenvalue weighted by atomic mass is 15.2. The molecule has 1 aliphatic heterocycles. The third-order valence-corrected chi connectivity index (χ3v) is 4.14. The molecule has 0 aliphatic carbocycles. The molecule has 0 saturated carbocycles. The molecule has 1 fully saturated rings. The number of aromatic amines is 1. The van der Waals surface area contributed by atoms with E-state index in [-0.39, 0.29) is 0 Å². The first-order valence-electron chi connectivity index (χ1n) is 7.25. The summed E-state index contributed by atoms with van der Waals surface area (Å²) in [7, 11) is 0. The van der Waals surface area contributed by atoms with Crippen LogP contribution in [-0.4, -0.2) is 42.1 Å². The zero-order chi connectivity index (χ0) is 13.8. The van der Waals surface area contributed by atoms with Crippen LogP contribution in [0.4, 0.5) is 0 Å². The van der Waals surface area contributed by atoms with Gasteiger partial charge in [-0.3, -0.25) is 4.90 Å². The Morgan fingerprint density at radius 3 is 3.15 bits per heavy atom. The average molecular weight is 268 g/mol. The molecule has 0 radical (unpaired) electrons. The summed E-state index contributed by atoms with van der Waals surface area (Å²) in [5, 5.41) is 13.6. The van der Waals surface area contributed by atoms with Gasteiger partial charge < -0.3 is 10.3 Å². The van der Waals surface area contributed by atoms with Crippen LogP contribution in [0.15, 0.2) is 30.5 Å². The highest BCUT2D eigenvalue weighted by molar-refractivity contribution is 5.83. The number of H-pyrrole nitrogens is 1. The number of nitrogens with one attached hydrogen (secondary N) is 2. The van der Waals surface area contributed by atoms with Gasteiger partial charge in [-0.25, -0.2) is 0 Å². The van der Waals surface area contributed by atoms with Gasteiger partial charge in [-0.05, 0) is 18.1 Å². The topological polar surface area (TPSA) is 54.9 Å². The van der Waals surface area contributed by atoms with Crippen molar-refractivity contribution < 1.29 is 0 Å². The van der Waals surface area contributed by atoms with Gasteiger partial charge >= 0.3 is 0 Å². The lowest BCUT2D eigenvalue weighted by atomic mass is 10.1. The second-order valence-corrected chi connectivity index (χ2v) is 5.37. The van der Waals surface area contributed by atoms with Gasteiger partial charge in [-0.2, -0.15) is 5.26 Å². The molecular weight excluding hydrogens is 248 g/mol. The van der Waals surface area contributed by atoms with Crippen molar-refractivity contribution in [1.82, 2.24) is 15.2 Å². The molecule has 0 bridgehead atoms. The van der Waals surface area contributed by atoms with Gasteiger partial charge in [0.25, 0.3) is 0 Å². The molecule has 1 unspecified atom stereocenters. The summed E-state index contributed by atoms with van der Waals surface area (Å²) in [4.78, 5) is 5.77. The van der Waals surface area contributed by atoms with Crippen molar-refractivity contribution in [3.05, 3.63) is 36.0 Å². The first kappa shape index (κ1) is 13.2. The highest BCUT2D eigenvalue weighted by Gasteiger charge is 2.21. The van der Waals surface area contributed by atoms with Crippen molar-refractivity contribution in [1.29, 1.82) is 5.26 Å². The molecule has 20 heavy (non-hydrogen) atoms. The summed E-state index contributed by atoms with van der Waals surface area (Å²) in [5.74, 6) is 0. The van der Waals surface area contributed by atoms with E-state index in [2.05, 4.69) is 51.7 Å². The van der Waals surface area contributed by atoms with Crippen LogP contribution in [0.2, 0.25) is 0 Å². The van der Waals surface area contributed by atoms with Crippen molar-refractivity contribution in [3.8, 4) is 6.07 Å². The number of aromatic nitrogens is 1. The number of nitriles is 1. The fraction of sp³-hybridized carbons (Fsp3) is 0.438. The van der Waals surface area contributed by atoms with E-state index in [1.165, 1.54) is 16.5 Å². The summed E-state index contributed by atoms with van der Waals surface area (Å²) in [6, 6.07) is 11.1. The van der Waals surface area contributed by atoms with Crippen LogP contribution in [0.3, 0.4) is 0 Å². The number of fused-ring (bicyclic) bond motifs is 1. The van der Waals surface area contributed by atoms with Gasteiger partial charge in [0.05, 0.1) is 12.5 Å². The second-order valence-electron chi connectivity index (χ2n) is 5.37. The van der Waals surface area contributed by atoms with E-state index in [4.69, 9.17) is 5.26 Å². The Bertz CT molecular complexity index is 610. The van der Waals surface area contributed by atoms with Gasteiger partial charge in [0.2, 0.25) is 0 Å². The summed E-state index contributed by atoms with van der Waals surface area (Å²) < 4.78 is 0. The maximum Gasteiger partial charge on any atom is 0.0638 e. The summed E-state index contributed by atoms with van der Waals surface area (Å²) >= 11 is 0. The number of para-hydroxylation sites is 1. The number of benzene rings is 1. The molecule has 4 heteroatoms. The predicted molar refractivity (Wildman–Crippen MR) is 80.5 cm³/mol. The highest BCUT2D eigenvalue weighted by Crippen LogP contribution is 2.19. The van der Waals surface area contributed by atoms with Crippen LogP contribution < -0.4 is 5.32 Å². The molecule has 4 nitrogen and oxygen atoms in total. The summed E-state index contributed by atoms with van der Waals surface area (Å²) in [6.45, 7) is 4.02. The third-order valence-electron chi connectivity index (χ3n) is 4.14. The van der Waals surface area contributed by atoms with Gasteiger partial charge in [0, 0.05) is 49.3 Å². The molecular formula is C16H20N4. The fourth-order valence-corrected chi connectivity index (χ4v) is 3.01. The molecule has 0 amide bonds. The van der Waals surface area contributed by atoms with E-state index in [0.717, 1.165) is 32.6 Å². The lowest BCUT2D eigenvalue weighted by Gasteiger charge is -2.34. The Labute approximate surface area is 119 Å². The van der Waals surface area contributed by atoms with Crippen molar-refractivity contribution >= 4 is 10.9 Å². The summed E-state index contributed by atoms with van der Waals surface area (Å²) in [6.07, 6.45) is 3.76. The van der Waals surface area contributed by atoms with Crippen molar-refractivity contribution in [2.75, 3.05) is 26.2 Å². The Morgan fingerprint density at radius 2 is 2.25 bits per heavy atom. The first-order valence-corrected chi connectivity index (χ1v) is 7.25. The molecule has 1 saturated heterocycles. The van der Waals surface area contributed by atoms with Crippen LogP contribution in [0.1, 0.15) is 12.0 Å². The smallest absolute Gasteiger partial charge is 0.0638 e. The van der Waals surface area contributed by atoms with Gasteiger partial charge in [-0.1, -0.05) is 18.2 Å². The Kier molecular flexibility index (Phi) is 4.00. The van der Waals surface area contributed by atoms with Crippen molar-refractivity contribution in [2.24, 2.45) is 0 Å². The first-order chi connectivity index (χ1) is 9.88. The van der Waals surface area contributed by atoms with Crippen LogP contribution in [0, 0.1) is 11.3 Å². The summed E-state index contributed by atoms with van der Waals surface area (Å²) in [5.41, 5.74) is 2.58. The normalized spacial score (nSPS) is 20.1. The van der Waals surface area contributed by atoms with E-state index in [9.17, 15) is 0 Å². The van der Waals surface area contributed by atoms with Crippen LogP contribution in [0.5, 0.6) is 0 Å². The maximum atomic E-state index is 8.92. The van der Waals surface area contributed by atoms with E-state index in [1.807, 2.05) is 0 Å². The molecule has 1 atom stereocenters. The Balaban J connectivity index is 1.67. The number of nitrogens with zero attached hydrogens (tertiary/aromatic N) is 2. The predicted octanol–water partition coefficient (Wildman–Crippen LogP) is 1.90. The minimum Gasteiger partial charge on any atom is -0.361 e.